The first kappa shape index (κ1) is 16.6. The summed E-state index contributed by atoms with van der Waals surface area (Å²) in [5, 5.41) is 5.98. The van der Waals surface area contributed by atoms with E-state index in [1.165, 1.54) is 12.1 Å². The lowest BCUT2D eigenvalue weighted by Crippen LogP contribution is -2.23. The van der Waals surface area contributed by atoms with Gasteiger partial charge in [0.2, 0.25) is 0 Å². The van der Waals surface area contributed by atoms with Gasteiger partial charge in [0.1, 0.15) is 11.5 Å². The van der Waals surface area contributed by atoms with Crippen LogP contribution in [0.1, 0.15) is 21.6 Å². The first-order valence-corrected chi connectivity index (χ1v) is 7.92. The van der Waals surface area contributed by atoms with Crippen molar-refractivity contribution in [3.05, 3.63) is 89.5 Å². The van der Waals surface area contributed by atoms with E-state index in [1.807, 2.05) is 31.2 Å². The van der Waals surface area contributed by atoms with Gasteiger partial charge in [0.25, 0.3) is 5.91 Å². The first-order chi connectivity index (χ1) is 12.1. The van der Waals surface area contributed by atoms with Gasteiger partial charge in [-0.25, -0.2) is 4.39 Å². The molecule has 0 aliphatic carbocycles. The summed E-state index contributed by atoms with van der Waals surface area (Å²) in [4.78, 5) is 16.4. The van der Waals surface area contributed by atoms with E-state index in [4.69, 9.17) is 0 Å². The zero-order chi connectivity index (χ0) is 17.6. The third-order valence-corrected chi connectivity index (χ3v) is 3.66. The van der Waals surface area contributed by atoms with E-state index in [0.29, 0.717) is 17.9 Å². The molecular weight excluding hydrogens is 317 g/mol. The van der Waals surface area contributed by atoms with Gasteiger partial charge in [-0.2, -0.15) is 0 Å². The zero-order valence-corrected chi connectivity index (χ0v) is 13.8. The Labute approximate surface area is 145 Å². The molecular formula is C20H18FN3O. The molecule has 1 heterocycles. The molecule has 1 aromatic heterocycles. The van der Waals surface area contributed by atoms with E-state index in [2.05, 4.69) is 15.6 Å². The normalized spacial score (nSPS) is 10.3. The van der Waals surface area contributed by atoms with Gasteiger partial charge in [0.05, 0.1) is 0 Å². The van der Waals surface area contributed by atoms with Crippen LogP contribution in [0.2, 0.25) is 0 Å². The largest absolute Gasteiger partial charge is 0.355 e. The number of carbonyl (C=O) groups is 1. The van der Waals surface area contributed by atoms with Gasteiger partial charge in [0.15, 0.2) is 0 Å². The maximum Gasteiger partial charge on any atom is 0.270 e. The third kappa shape index (κ3) is 4.64. The van der Waals surface area contributed by atoms with E-state index < -0.39 is 0 Å². The number of pyridine rings is 1. The van der Waals surface area contributed by atoms with E-state index in [0.717, 1.165) is 16.8 Å². The molecule has 3 aromatic rings. The fraction of sp³-hybridized carbons (Fsp3) is 0.100. The molecule has 4 nitrogen and oxygen atoms in total. The van der Waals surface area contributed by atoms with E-state index in [1.54, 1.807) is 30.5 Å². The van der Waals surface area contributed by atoms with Crippen LogP contribution in [0.4, 0.5) is 15.8 Å². The average molecular weight is 335 g/mol. The Hall–Kier alpha value is -3.21. The van der Waals surface area contributed by atoms with Crippen molar-refractivity contribution in [1.82, 2.24) is 10.3 Å². The molecule has 0 bridgehead atoms. The number of aromatic nitrogens is 1. The number of nitrogens with one attached hydrogen (secondary N) is 2. The Balaban J connectivity index is 1.65. The number of anilines is 2. The van der Waals surface area contributed by atoms with Crippen molar-refractivity contribution in [1.29, 1.82) is 0 Å². The van der Waals surface area contributed by atoms with Crippen molar-refractivity contribution in [2.45, 2.75) is 13.5 Å². The summed E-state index contributed by atoms with van der Waals surface area (Å²) in [6.07, 6.45) is 1.56. The van der Waals surface area contributed by atoms with Crippen LogP contribution in [-0.2, 0) is 6.54 Å². The number of aryl methyl sites for hydroxylation is 1. The van der Waals surface area contributed by atoms with Crippen LogP contribution in [0.3, 0.4) is 0 Å². The Bertz CT molecular complexity index is 878. The molecule has 126 valence electrons. The van der Waals surface area contributed by atoms with Gasteiger partial charge in [0, 0.05) is 24.1 Å². The Morgan fingerprint density at radius 3 is 2.60 bits per heavy atom. The van der Waals surface area contributed by atoms with Crippen LogP contribution in [0.25, 0.3) is 0 Å². The van der Waals surface area contributed by atoms with Crippen molar-refractivity contribution in [3.63, 3.8) is 0 Å². The molecule has 0 unspecified atom stereocenters. The average Bonchev–Trinajstić information content (AvgIpc) is 2.62. The number of halogens is 1. The van der Waals surface area contributed by atoms with Crippen LogP contribution >= 0.6 is 0 Å². The van der Waals surface area contributed by atoms with Gasteiger partial charge < -0.3 is 10.6 Å². The smallest absolute Gasteiger partial charge is 0.270 e. The van der Waals surface area contributed by atoms with Crippen molar-refractivity contribution >= 4 is 17.3 Å². The molecule has 0 radical (unpaired) electrons. The van der Waals surface area contributed by atoms with Crippen LogP contribution in [0, 0.1) is 12.7 Å². The number of carbonyl (C=O) groups excluding carboxylic acids is 1. The van der Waals surface area contributed by atoms with E-state index in [-0.39, 0.29) is 11.7 Å². The Morgan fingerprint density at radius 2 is 1.84 bits per heavy atom. The summed E-state index contributed by atoms with van der Waals surface area (Å²) in [6, 6.07) is 17.4. The summed E-state index contributed by atoms with van der Waals surface area (Å²) >= 11 is 0. The second kappa shape index (κ2) is 7.57. The van der Waals surface area contributed by atoms with Crippen LogP contribution < -0.4 is 10.6 Å². The maximum absolute atomic E-state index is 13.0. The highest BCUT2D eigenvalue weighted by molar-refractivity contribution is 5.93. The van der Waals surface area contributed by atoms with Crippen LogP contribution in [0.15, 0.2) is 66.9 Å². The second-order valence-corrected chi connectivity index (χ2v) is 5.73. The topological polar surface area (TPSA) is 54.0 Å². The monoisotopic (exact) mass is 335 g/mol. The molecule has 3 rings (SSSR count). The highest BCUT2D eigenvalue weighted by Gasteiger charge is 2.08. The minimum atomic E-state index is -0.295. The maximum atomic E-state index is 13.0. The summed E-state index contributed by atoms with van der Waals surface area (Å²) in [7, 11) is 0. The molecule has 2 aromatic carbocycles. The fourth-order valence-electron chi connectivity index (χ4n) is 2.43. The molecule has 1 amide bonds. The zero-order valence-electron chi connectivity index (χ0n) is 13.8. The molecule has 0 saturated carbocycles. The third-order valence-electron chi connectivity index (χ3n) is 3.66. The summed E-state index contributed by atoms with van der Waals surface area (Å²) < 4.78 is 13.0. The van der Waals surface area contributed by atoms with Crippen molar-refractivity contribution < 1.29 is 9.18 Å². The minimum absolute atomic E-state index is 0.246. The molecule has 0 aliphatic rings. The van der Waals surface area contributed by atoms with Gasteiger partial charge >= 0.3 is 0 Å². The summed E-state index contributed by atoms with van der Waals surface area (Å²) in [5.41, 5.74) is 3.95. The molecule has 0 aliphatic heterocycles. The van der Waals surface area contributed by atoms with Gasteiger partial charge in [-0.05, 0) is 48.9 Å². The molecule has 5 heteroatoms. The van der Waals surface area contributed by atoms with E-state index in [9.17, 15) is 9.18 Å². The fourth-order valence-corrected chi connectivity index (χ4v) is 2.43. The predicted octanol–water partition coefficient (Wildman–Crippen LogP) is 4.20. The number of rotatable bonds is 5. The molecule has 0 fully saturated rings. The SMILES string of the molecule is Cc1cccc(CNC(=O)c2cc(Nc3ccc(F)cc3)ccn2)c1. The standard InChI is InChI=1S/C20H18FN3O/c1-14-3-2-4-15(11-14)13-23-20(25)19-12-18(9-10-22-19)24-17-7-5-16(21)6-8-17/h2-12H,13H2,1H3,(H,22,24)(H,23,25). The highest BCUT2D eigenvalue weighted by Crippen LogP contribution is 2.17. The Kier molecular flexibility index (Phi) is 5.04. The molecule has 0 spiro atoms. The summed E-state index contributed by atoms with van der Waals surface area (Å²) in [5.74, 6) is -0.541. The number of nitrogens with zero attached hydrogens (tertiary/aromatic N) is 1. The quantitative estimate of drug-likeness (QED) is 0.735. The van der Waals surface area contributed by atoms with Crippen LogP contribution in [-0.4, -0.2) is 10.9 Å². The molecule has 0 saturated heterocycles. The van der Waals surface area contributed by atoms with E-state index >= 15 is 0 Å². The molecule has 2 N–H and O–H groups in total. The van der Waals surface area contributed by atoms with Gasteiger partial charge in [-0.15, -0.1) is 0 Å². The highest BCUT2D eigenvalue weighted by atomic mass is 19.1. The Morgan fingerprint density at radius 1 is 1.04 bits per heavy atom. The van der Waals surface area contributed by atoms with Crippen molar-refractivity contribution in [2.75, 3.05) is 5.32 Å². The summed E-state index contributed by atoms with van der Waals surface area (Å²) in [6.45, 7) is 2.45. The number of hydrogen-bond acceptors (Lipinski definition) is 3. The van der Waals surface area contributed by atoms with Gasteiger partial charge in [-0.1, -0.05) is 29.8 Å². The second-order valence-electron chi connectivity index (χ2n) is 5.73. The predicted molar refractivity (Wildman–Crippen MR) is 96.3 cm³/mol. The lowest BCUT2D eigenvalue weighted by molar-refractivity contribution is 0.0946. The van der Waals surface area contributed by atoms with Crippen molar-refractivity contribution in [3.8, 4) is 0 Å². The first-order valence-electron chi connectivity index (χ1n) is 7.92. The van der Waals surface area contributed by atoms with Crippen LogP contribution in [0.5, 0.6) is 0 Å². The number of hydrogen-bond donors (Lipinski definition) is 2. The van der Waals surface area contributed by atoms with Gasteiger partial charge in [-0.3, -0.25) is 9.78 Å². The molecule has 25 heavy (non-hydrogen) atoms. The number of amides is 1. The van der Waals surface area contributed by atoms with Crippen molar-refractivity contribution in [2.24, 2.45) is 0 Å². The lowest BCUT2D eigenvalue weighted by Gasteiger charge is -2.09. The minimum Gasteiger partial charge on any atom is -0.355 e. The lowest BCUT2D eigenvalue weighted by atomic mass is 10.1. The number of benzene rings is 2. The molecule has 0 atom stereocenters.